The molecule has 0 rings (SSSR count). The topological polar surface area (TPSA) is 0 Å². The molecule has 0 aromatic heterocycles. The molecule has 0 amide bonds. The van der Waals surface area contributed by atoms with Crippen LogP contribution in [0.4, 0.5) is 0 Å². The maximum atomic E-state index is 3.59. The van der Waals surface area contributed by atoms with Gasteiger partial charge in [0.15, 0.2) is 0 Å². The molecule has 0 heteroatoms. The van der Waals surface area contributed by atoms with E-state index in [1.807, 2.05) is 12.2 Å². The molecule has 11 heavy (non-hydrogen) atoms. The van der Waals surface area contributed by atoms with Gasteiger partial charge in [0.05, 0.1) is 0 Å². The highest BCUT2D eigenvalue weighted by molar-refractivity contribution is 4.96. The molecule has 0 bridgehead atoms. The number of unbranched alkanes of at least 4 members (excludes halogenated alkanes) is 3. The Labute approximate surface area is 71.3 Å². The van der Waals surface area contributed by atoms with Crippen molar-refractivity contribution in [1.29, 1.82) is 0 Å². The molecule has 0 saturated carbocycles. The van der Waals surface area contributed by atoms with Crippen molar-refractivity contribution in [3.05, 3.63) is 38.0 Å². The zero-order valence-corrected chi connectivity index (χ0v) is 7.68. The van der Waals surface area contributed by atoms with Crippen LogP contribution in [0.5, 0.6) is 0 Å². The fourth-order valence-electron chi connectivity index (χ4n) is 0.705. The van der Waals surface area contributed by atoms with Crippen molar-refractivity contribution < 1.29 is 0 Å². The van der Waals surface area contributed by atoms with Gasteiger partial charge in [-0.1, -0.05) is 44.6 Å². The summed E-state index contributed by atoms with van der Waals surface area (Å²) >= 11 is 0. The van der Waals surface area contributed by atoms with E-state index in [9.17, 15) is 0 Å². The molecular weight excluding hydrogens is 132 g/mol. The Kier molecular flexibility index (Phi) is 18.8. The molecule has 64 valence electrons. The quantitative estimate of drug-likeness (QED) is 0.316. The molecule has 0 N–H and O–H groups in total. The van der Waals surface area contributed by atoms with Gasteiger partial charge in [0, 0.05) is 0 Å². The first-order valence-corrected chi connectivity index (χ1v) is 4.19. The molecule has 0 aliphatic rings. The van der Waals surface area contributed by atoms with E-state index in [1.54, 1.807) is 0 Å². The van der Waals surface area contributed by atoms with Gasteiger partial charge in [0.2, 0.25) is 0 Å². The minimum absolute atomic E-state index is 1.21. The first kappa shape index (κ1) is 12.9. The van der Waals surface area contributed by atoms with Crippen LogP contribution in [0.1, 0.15) is 32.6 Å². The van der Waals surface area contributed by atoms with Gasteiger partial charge in [0.25, 0.3) is 0 Å². The second-order valence-electron chi connectivity index (χ2n) is 2.16. The third kappa shape index (κ3) is 17.6. The van der Waals surface area contributed by atoms with Crippen LogP contribution in [0.25, 0.3) is 0 Å². The average molecular weight is 152 g/mol. The summed E-state index contributed by atoms with van der Waals surface area (Å²) in [5, 5.41) is 0. The standard InChI is InChI=1S/C9H16.C2H4/c1-3-5-7-9-8-6-4-2;1-2/h3,5,7H,1,4,6,8-9H2,2H3;1-2H2. The molecule has 0 aromatic rings. The van der Waals surface area contributed by atoms with Gasteiger partial charge in [-0.15, -0.1) is 13.2 Å². The van der Waals surface area contributed by atoms with Crippen molar-refractivity contribution in [3.63, 3.8) is 0 Å². The van der Waals surface area contributed by atoms with Crippen LogP contribution in [0, 0.1) is 0 Å². The predicted molar refractivity (Wildman–Crippen MR) is 54.7 cm³/mol. The summed E-state index contributed by atoms with van der Waals surface area (Å²) in [6.45, 7) is 11.8. The van der Waals surface area contributed by atoms with Gasteiger partial charge in [0.1, 0.15) is 0 Å². The number of hydrogen-bond acceptors (Lipinski definition) is 0. The molecule has 0 nitrogen and oxygen atoms in total. The summed E-state index contributed by atoms with van der Waals surface area (Å²) in [7, 11) is 0. The number of hydrogen-bond donors (Lipinski definition) is 0. The van der Waals surface area contributed by atoms with Crippen LogP contribution in [0.2, 0.25) is 0 Å². The molecule has 0 radical (unpaired) electrons. The van der Waals surface area contributed by atoms with E-state index in [0.29, 0.717) is 0 Å². The van der Waals surface area contributed by atoms with Crippen LogP contribution in [-0.2, 0) is 0 Å². The lowest BCUT2D eigenvalue weighted by Crippen LogP contribution is -1.69. The van der Waals surface area contributed by atoms with Crippen molar-refractivity contribution in [2.24, 2.45) is 0 Å². The minimum atomic E-state index is 1.21. The fourth-order valence-corrected chi connectivity index (χ4v) is 0.705. The SMILES string of the molecule is C=C.C=CC=CCCCCC. The summed E-state index contributed by atoms with van der Waals surface area (Å²) in [6, 6.07) is 0. The maximum Gasteiger partial charge on any atom is -0.0348 e. The van der Waals surface area contributed by atoms with Crippen molar-refractivity contribution in [3.8, 4) is 0 Å². The first-order chi connectivity index (χ1) is 5.41. The molecule has 0 saturated heterocycles. The third-order valence-electron chi connectivity index (χ3n) is 1.25. The van der Waals surface area contributed by atoms with E-state index >= 15 is 0 Å². The molecule has 0 fully saturated rings. The monoisotopic (exact) mass is 152 g/mol. The summed E-state index contributed by atoms with van der Waals surface area (Å²) in [5.74, 6) is 0. The van der Waals surface area contributed by atoms with E-state index in [2.05, 4.69) is 32.7 Å². The van der Waals surface area contributed by atoms with Gasteiger partial charge in [-0.05, 0) is 12.8 Å². The second-order valence-corrected chi connectivity index (χ2v) is 2.16. The minimum Gasteiger partial charge on any atom is -0.106 e. The lowest BCUT2D eigenvalue weighted by atomic mass is 10.2. The van der Waals surface area contributed by atoms with E-state index in [0.717, 1.165) is 0 Å². The van der Waals surface area contributed by atoms with E-state index in [-0.39, 0.29) is 0 Å². The molecular formula is C11H20. The van der Waals surface area contributed by atoms with E-state index in [4.69, 9.17) is 0 Å². The molecule has 0 atom stereocenters. The molecule has 0 aromatic carbocycles. The maximum absolute atomic E-state index is 3.59. The zero-order chi connectivity index (χ0) is 8.95. The number of rotatable bonds is 5. The van der Waals surface area contributed by atoms with Crippen molar-refractivity contribution in [2.75, 3.05) is 0 Å². The predicted octanol–water partition coefficient (Wildman–Crippen LogP) is 4.11. The first-order valence-electron chi connectivity index (χ1n) is 4.19. The van der Waals surface area contributed by atoms with Gasteiger partial charge >= 0.3 is 0 Å². The molecule has 0 aliphatic heterocycles. The van der Waals surface area contributed by atoms with Crippen LogP contribution in [0.3, 0.4) is 0 Å². The zero-order valence-electron chi connectivity index (χ0n) is 7.68. The molecule has 0 aliphatic carbocycles. The van der Waals surface area contributed by atoms with Crippen molar-refractivity contribution in [2.45, 2.75) is 32.6 Å². The number of allylic oxidation sites excluding steroid dienone is 3. The van der Waals surface area contributed by atoms with Crippen molar-refractivity contribution in [1.82, 2.24) is 0 Å². The van der Waals surface area contributed by atoms with Gasteiger partial charge in [-0.2, -0.15) is 0 Å². The third-order valence-corrected chi connectivity index (χ3v) is 1.25. The molecule has 0 unspecified atom stereocenters. The highest BCUT2D eigenvalue weighted by Crippen LogP contribution is 1.98. The Bertz CT molecular complexity index is 90.2. The van der Waals surface area contributed by atoms with Gasteiger partial charge < -0.3 is 0 Å². The van der Waals surface area contributed by atoms with Gasteiger partial charge in [-0.3, -0.25) is 0 Å². The summed E-state index contributed by atoms with van der Waals surface area (Å²) in [6.07, 6.45) is 11.2. The van der Waals surface area contributed by atoms with Crippen LogP contribution < -0.4 is 0 Å². The Morgan fingerprint density at radius 3 is 2.27 bits per heavy atom. The normalized spacial score (nSPS) is 8.82. The fraction of sp³-hybridized carbons (Fsp3) is 0.455. The van der Waals surface area contributed by atoms with Crippen LogP contribution >= 0.6 is 0 Å². The van der Waals surface area contributed by atoms with Gasteiger partial charge in [-0.25, -0.2) is 0 Å². The highest BCUT2D eigenvalue weighted by atomic mass is 13.8. The van der Waals surface area contributed by atoms with E-state index in [1.165, 1.54) is 25.7 Å². The summed E-state index contributed by atoms with van der Waals surface area (Å²) in [5.41, 5.74) is 0. The lowest BCUT2D eigenvalue weighted by Gasteiger charge is -1.89. The summed E-state index contributed by atoms with van der Waals surface area (Å²) in [4.78, 5) is 0. The lowest BCUT2D eigenvalue weighted by molar-refractivity contribution is 0.729. The smallest absolute Gasteiger partial charge is 0.0348 e. The van der Waals surface area contributed by atoms with Crippen LogP contribution in [-0.4, -0.2) is 0 Å². The molecule has 0 spiro atoms. The Hall–Kier alpha value is -0.780. The second kappa shape index (κ2) is 16.1. The Morgan fingerprint density at radius 1 is 1.18 bits per heavy atom. The Morgan fingerprint density at radius 2 is 1.82 bits per heavy atom. The largest absolute Gasteiger partial charge is 0.106 e. The van der Waals surface area contributed by atoms with E-state index < -0.39 is 0 Å². The Balaban J connectivity index is 0. The average Bonchev–Trinajstić information content (AvgIpc) is 2.08. The highest BCUT2D eigenvalue weighted by Gasteiger charge is 1.78. The van der Waals surface area contributed by atoms with Crippen molar-refractivity contribution >= 4 is 0 Å². The molecule has 0 heterocycles. The summed E-state index contributed by atoms with van der Waals surface area (Å²) < 4.78 is 0. The van der Waals surface area contributed by atoms with Crippen LogP contribution in [0.15, 0.2) is 38.0 Å².